The molecule has 1 aliphatic carbocycles. The molecule has 0 aromatic heterocycles. The number of hydrogen-bond acceptors (Lipinski definition) is 3. The van der Waals surface area contributed by atoms with Crippen molar-refractivity contribution in [2.24, 2.45) is 11.3 Å². The molecule has 126 valence electrons. The zero-order chi connectivity index (χ0) is 16.3. The van der Waals surface area contributed by atoms with E-state index in [1.165, 1.54) is 5.56 Å². The van der Waals surface area contributed by atoms with E-state index in [0.29, 0.717) is 25.7 Å². The minimum Gasteiger partial charge on any atom is -0.396 e. The molecule has 0 radical (unpaired) electrons. The standard InChI is InChI=1S/C19H27NO3/c1-2-23-14-19(9-10-19)18(22)20-11-8-17(16(12-20)13-21)15-6-4-3-5-7-15/h3-7,16-17,21H,2,8-14H2,1H3/t16-,17+/m1/s1. The van der Waals surface area contributed by atoms with Gasteiger partial charge < -0.3 is 14.7 Å². The fraction of sp³-hybridized carbons (Fsp3) is 0.632. The second kappa shape index (κ2) is 7.02. The summed E-state index contributed by atoms with van der Waals surface area (Å²) >= 11 is 0. The lowest BCUT2D eigenvalue weighted by atomic mass is 9.80. The molecule has 0 spiro atoms. The van der Waals surface area contributed by atoms with Crippen LogP contribution in [0, 0.1) is 11.3 Å². The maximum Gasteiger partial charge on any atom is 0.231 e. The van der Waals surface area contributed by atoms with Crippen molar-refractivity contribution in [3.8, 4) is 0 Å². The van der Waals surface area contributed by atoms with Crippen LogP contribution >= 0.6 is 0 Å². The summed E-state index contributed by atoms with van der Waals surface area (Å²) in [6.07, 6.45) is 2.80. The summed E-state index contributed by atoms with van der Waals surface area (Å²) in [6, 6.07) is 10.4. The van der Waals surface area contributed by atoms with Crippen LogP contribution in [0.5, 0.6) is 0 Å². The number of nitrogens with zero attached hydrogens (tertiary/aromatic N) is 1. The summed E-state index contributed by atoms with van der Waals surface area (Å²) in [5, 5.41) is 9.82. The zero-order valence-corrected chi connectivity index (χ0v) is 13.9. The Morgan fingerprint density at radius 1 is 1.35 bits per heavy atom. The molecule has 2 fully saturated rings. The summed E-state index contributed by atoms with van der Waals surface area (Å²) < 4.78 is 5.52. The summed E-state index contributed by atoms with van der Waals surface area (Å²) in [7, 11) is 0. The van der Waals surface area contributed by atoms with E-state index < -0.39 is 0 Å². The number of carbonyl (C=O) groups excluding carboxylic acids is 1. The largest absolute Gasteiger partial charge is 0.396 e. The number of amides is 1. The third-order valence-electron chi connectivity index (χ3n) is 5.37. The van der Waals surface area contributed by atoms with Crippen molar-refractivity contribution in [3.63, 3.8) is 0 Å². The first-order valence-corrected chi connectivity index (χ1v) is 8.73. The summed E-state index contributed by atoms with van der Waals surface area (Å²) in [5.41, 5.74) is 1.00. The monoisotopic (exact) mass is 317 g/mol. The number of likely N-dealkylation sites (tertiary alicyclic amines) is 1. The molecule has 1 saturated heterocycles. The number of aliphatic hydroxyl groups excluding tert-OH is 1. The Morgan fingerprint density at radius 3 is 2.70 bits per heavy atom. The van der Waals surface area contributed by atoms with Gasteiger partial charge in [0.15, 0.2) is 0 Å². The van der Waals surface area contributed by atoms with Crippen LogP contribution in [0.4, 0.5) is 0 Å². The Labute approximate surface area is 138 Å². The lowest BCUT2D eigenvalue weighted by Gasteiger charge is -2.39. The molecule has 1 aliphatic heterocycles. The molecule has 1 heterocycles. The molecule has 2 aliphatic rings. The van der Waals surface area contributed by atoms with E-state index in [1.807, 2.05) is 30.0 Å². The van der Waals surface area contributed by atoms with Crippen molar-refractivity contribution in [1.82, 2.24) is 4.90 Å². The zero-order valence-electron chi connectivity index (χ0n) is 13.9. The normalized spacial score (nSPS) is 26.1. The van der Waals surface area contributed by atoms with Gasteiger partial charge in [-0.1, -0.05) is 30.3 Å². The van der Waals surface area contributed by atoms with E-state index in [9.17, 15) is 9.90 Å². The van der Waals surface area contributed by atoms with Crippen molar-refractivity contribution >= 4 is 5.91 Å². The molecule has 1 aromatic rings. The van der Waals surface area contributed by atoms with Crippen LogP contribution < -0.4 is 0 Å². The van der Waals surface area contributed by atoms with Gasteiger partial charge in [-0.15, -0.1) is 0 Å². The molecule has 1 aromatic carbocycles. The van der Waals surface area contributed by atoms with Crippen LogP contribution in [0.2, 0.25) is 0 Å². The fourth-order valence-corrected chi connectivity index (χ4v) is 3.74. The topological polar surface area (TPSA) is 49.8 Å². The van der Waals surface area contributed by atoms with Gasteiger partial charge in [-0.2, -0.15) is 0 Å². The molecule has 0 unspecified atom stereocenters. The summed E-state index contributed by atoms with van der Waals surface area (Å²) in [6.45, 7) is 4.73. The van der Waals surface area contributed by atoms with Gasteiger partial charge in [-0.25, -0.2) is 0 Å². The van der Waals surface area contributed by atoms with Crippen molar-refractivity contribution < 1.29 is 14.6 Å². The van der Waals surface area contributed by atoms with Crippen LogP contribution in [-0.2, 0) is 9.53 Å². The minimum absolute atomic E-state index is 0.123. The molecule has 23 heavy (non-hydrogen) atoms. The first-order valence-electron chi connectivity index (χ1n) is 8.73. The van der Waals surface area contributed by atoms with Crippen molar-refractivity contribution in [2.75, 3.05) is 32.9 Å². The average Bonchev–Trinajstić information content (AvgIpc) is 3.40. The van der Waals surface area contributed by atoms with Crippen LogP contribution in [0.15, 0.2) is 30.3 Å². The molecule has 0 bridgehead atoms. The van der Waals surface area contributed by atoms with E-state index in [-0.39, 0.29) is 23.8 Å². The van der Waals surface area contributed by atoms with Crippen molar-refractivity contribution in [1.29, 1.82) is 0 Å². The van der Waals surface area contributed by atoms with Crippen molar-refractivity contribution in [2.45, 2.75) is 32.1 Å². The highest BCUT2D eigenvalue weighted by molar-refractivity contribution is 5.85. The number of benzene rings is 1. The number of aliphatic hydroxyl groups is 1. The van der Waals surface area contributed by atoms with E-state index >= 15 is 0 Å². The van der Waals surface area contributed by atoms with Crippen LogP contribution in [0.25, 0.3) is 0 Å². The lowest BCUT2D eigenvalue weighted by Crippen LogP contribution is -2.48. The van der Waals surface area contributed by atoms with Gasteiger partial charge in [0.1, 0.15) is 0 Å². The minimum atomic E-state index is -0.268. The SMILES string of the molecule is CCOCC1(C(=O)N2CC[C@@H](c3ccccc3)[C@@H](CO)C2)CC1. The van der Waals surface area contributed by atoms with Gasteiger partial charge in [0.2, 0.25) is 5.91 Å². The molecule has 3 rings (SSSR count). The van der Waals surface area contributed by atoms with Crippen LogP contribution in [0.1, 0.15) is 37.7 Å². The highest BCUT2D eigenvalue weighted by Crippen LogP contribution is 2.48. The highest BCUT2D eigenvalue weighted by atomic mass is 16.5. The van der Waals surface area contributed by atoms with Gasteiger partial charge in [-0.3, -0.25) is 4.79 Å². The lowest BCUT2D eigenvalue weighted by molar-refractivity contribution is -0.142. The number of rotatable bonds is 6. The molecular formula is C19H27NO3. The number of ether oxygens (including phenoxy) is 1. The van der Waals surface area contributed by atoms with Crippen molar-refractivity contribution in [3.05, 3.63) is 35.9 Å². The van der Waals surface area contributed by atoms with Gasteiger partial charge >= 0.3 is 0 Å². The number of hydrogen-bond donors (Lipinski definition) is 1. The van der Waals surface area contributed by atoms with E-state index in [0.717, 1.165) is 25.8 Å². The Hall–Kier alpha value is -1.39. The highest BCUT2D eigenvalue weighted by Gasteiger charge is 2.52. The van der Waals surface area contributed by atoms with Crippen LogP contribution in [0.3, 0.4) is 0 Å². The molecule has 4 heteroatoms. The van der Waals surface area contributed by atoms with E-state index in [2.05, 4.69) is 12.1 Å². The van der Waals surface area contributed by atoms with Gasteiger partial charge in [0.25, 0.3) is 0 Å². The number of piperidine rings is 1. The van der Waals surface area contributed by atoms with E-state index in [4.69, 9.17) is 4.74 Å². The molecule has 1 amide bonds. The third-order valence-corrected chi connectivity index (χ3v) is 5.37. The first-order chi connectivity index (χ1) is 11.2. The molecular weight excluding hydrogens is 290 g/mol. The Balaban J connectivity index is 1.66. The van der Waals surface area contributed by atoms with Gasteiger partial charge in [-0.05, 0) is 37.7 Å². The summed E-state index contributed by atoms with van der Waals surface area (Å²) in [5.74, 6) is 0.696. The quantitative estimate of drug-likeness (QED) is 0.876. The van der Waals surface area contributed by atoms with Crippen LogP contribution in [-0.4, -0.2) is 48.8 Å². The van der Waals surface area contributed by atoms with E-state index in [1.54, 1.807) is 0 Å². The molecule has 4 nitrogen and oxygen atoms in total. The maximum absolute atomic E-state index is 12.9. The van der Waals surface area contributed by atoms with Gasteiger partial charge in [0.05, 0.1) is 12.0 Å². The molecule has 2 atom stereocenters. The number of carbonyl (C=O) groups is 1. The predicted molar refractivity (Wildman–Crippen MR) is 89.1 cm³/mol. The predicted octanol–water partition coefficient (Wildman–Crippen LogP) is 2.43. The molecule has 1 saturated carbocycles. The smallest absolute Gasteiger partial charge is 0.231 e. The average molecular weight is 317 g/mol. The fourth-order valence-electron chi connectivity index (χ4n) is 3.74. The Morgan fingerprint density at radius 2 is 2.09 bits per heavy atom. The third kappa shape index (κ3) is 3.43. The second-order valence-electron chi connectivity index (χ2n) is 6.92. The van der Waals surface area contributed by atoms with Gasteiger partial charge in [0, 0.05) is 32.2 Å². The Kier molecular flexibility index (Phi) is 5.02. The first kappa shape index (κ1) is 16.5. The molecule has 1 N–H and O–H groups in total. The summed E-state index contributed by atoms with van der Waals surface area (Å²) in [4.78, 5) is 14.8. The second-order valence-corrected chi connectivity index (χ2v) is 6.92. The maximum atomic E-state index is 12.9. The Bertz CT molecular complexity index is 527.